The molecule has 0 fully saturated rings. The maximum atomic E-state index is 5.82. The molecule has 2 heterocycles. The lowest BCUT2D eigenvalue weighted by molar-refractivity contribution is 0.357. The number of hydrogen-bond acceptors (Lipinski definition) is 5. The van der Waals surface area contributed by atoms with Gasteiger partial charge in [0.15, 0.2) is 0 Å². The molecule has 0 radical (unpaired) electrons. The van der Waals surface area contributed by atoms with Gasteiger partial charge < -0.3 is 14.7 Å². The molecule has 0 amide bonds. The summed E-state index contributed by atoms with van der Waals surface area (Å²) in [6, 6.07) is 7.20. The van der Waals surface area contributed by atoms with E-state index in [1.54, 1.807) is 6.26 Å². The summed E-state index contributed by atoms with van der Waals surface area (Å²) in [5.41, 5.74) is 7.37. The summed E-state index contributed by atoms with van der Waals surface area (Å²) < 4.78 is 10.6. The van der Waals surface area contributed by atoms with E-state index in [2.05, 4.69) is 16.1 Å². The molecule has 19 heavy (non-hydrogen) atoms. The van der Waals surface area contributed by atoms with E-state index in [0.717, 1.165) is 16.5 Å². The molecule has 3 aromatic rings. The Morgan fingerprint density at radius 3 is 3.05 bits per heavy atom. The highest BCUT2D eigenvalue weighted by molar-refractivity contribution is 5.91. The zero-order valence-electron chi connectivity index (χ0n) is 10.0. The predicted molar refractivity (Wildman–Crippen MR) is 69.9 cm³/mol. The molecule has 2 aromatic heterocycles. The van der Waals surface area contributed by atoms with Crippen LogP contribution in [-0.2, 0) is 0 Å². The van der Waals surface area contributed by atoms with Gasteiger partial charge in [-0.25, -0.2) is 0 Å². The second kappa shape index (κ2) is 4.59. The van der Waals surface area contributed by atoms with Gasteiger partial charge in [0.2, 0.25) is 11.7 Å². The summed E-state index contributed by atoms with van der Waals surface area (Å²) in [5.74, 6) is 3.25. The highest BCUT2D eigenvalue weighted by Gasteiger charge is 2.17. The van der Waals surface area contributed by atoms with Crippen LogP contribution in [0.5, 0.6) is 0 Å². The first kappa shape index (κ1) is 11.5. The number of aromatic nitrogens is 2. The molecule has 0 aliphatic rings. The van der Waals surface area contributed by atoms with E-state index < -0.39 is 6.04 Å². The zero-order valence-corrected chi connectivity index (χ0v) is 10.0. The van der Waals surface area contributed by atoms with E-state index in [1.807, 2.05) is 24.3 Å². The van der Waals surface area contributed by atoms with Gasteiger partial charge in [0.1, 0.15) is 11.8 Å². The van der Waals surface area contributed by atoms with Crippen LogP contribution in [0.15, 0.2) is 39.5 Å². The predicted octanol–water partition coefficient (Wildman–Crippen LogP) is 2.51. The number of para-hydroxylation sites is 1. The fourth-order valence-corrected chi connectivity index (χ4v) is 1.86. The lowest BCUT2D eigenvalue weighted by Gasteiger charge is -1.98. The third-order valence-corrected chi connectivity index (χ3v) is 2.82. The summed E-state index contributed by atoms with van der Waals surface area (Å²) in [6.45, 7) is 0. The molecule has 5 heteroatoms. The molecule has 0 aliphatic heterocycles. The fraction of sp³-hybridized carbons (Fsp3) is 0.143. The number of rotatable bonds is 3. The summed E-state index contributed by atoms with van der Waals surface area (Å²) >= 11 is 0. The molecule has 0 bridgehead atoms. The van der Waals surface area contributed by atoms with Crippen molar-refractivity contribution in [1.29, 1.82) is 0 Å². The average molecular weight is 253 g/mol. The normalized spacial score (nSPS) is 12.4. The lowest BCUT2D eigenvalue weighted by atomic mass is 10.1. The van der Waals surface area contributed by atoms with Crippen LogP contribution in [0, 0.1) is 12.3 Å². The standard InChI is InChI=1S/C14H11N3O2/c1-2-5-11(15)14-16-13(17-19-14)10-8-18-12-7-4-3-6-9(10)12/h1,3-4,6-8,11H,5,15H2. The first-order valence-corrected chi connectivity index (χ1v) is 5.79. The molecule has 0 saturated heterocycles. The smallest absolute Gasteiger partial charge is 0.244 e. The molecule has 0 saturated carbocycles. The van der Waals surface area contributed by atoms with E-state index in [1.165, 1.54) is 0 Å². The number of benzene rings is 1. The van der Waals surface area contributed by atoms with Crippen molar-refractivity contribution in [3.8, 4) is 23.7 Å². The summed E-state index contributed by atoms with van der Waals surface area (Å²) in [7, 11) is 0. The summed E-state index contributed by atoms with van der Waals surface area (Å²) in [4.78, 5) is 4.26. The monoisotopic (exact) mass is 253 g/mol. The molecular weight excluding hydrogens is 242 g/mol. The Hall–Kier alpha value is -2.58. The molecular formula is C14H11N3O2. The molecule has 3 rings (SSSR count). The Bertz CT molecular complexity index is 751. The number of hydrogen-bond donors (Lipinski definition) is 1. The minimum atomic E-state index is -0.440. The highest BCUT2D eigenvalue weighted by Crippen LogP contribution is 2.29. The van der Waals surface area contributed by atoms with Crippen LogP contribution in [-0.4, -0.2) is 10.1 Å². The topological polar surface area (TPSA) is 78.1 Å². The van der Waals surface area contributed by atoms with Crippen molar-refractivity contribution >= 4 is 11.0 Å². The number of nitrogens with two attached hydrogens (primary N) is 1. The number of terminal acetylenes is 1. The largest absolute Gasteiger partial charge is 0.464 e. The maximum Gasteiger partial charge on any atom is 0.244 e. The van der Waals surface area contributed by atoms with Gasteiger partial charge in [-0.15, -0.1) is 12.3 Å². The number of nitrogens with zero attached hydrogens (tertiary/aromatic N) is 2. The van der Waals surface area contributed by atoms with Crippen molar-refractivity contribution in [2.24, 2.45) is 5.73 Å². The van der Waals surface area contributed by atoms with E-state index in [9.17, 15) is 0 Å². The molecule has 0 aliphatic carbocycles. The Morgan fingerprint density at radius 1 is 1.37 bits per heavy atom. The maximum absolute atomic E-state index is 5.82. The van der Waals surface area contributed by atoms with Gasteiger partial charge in [-0.1, -0.05) is 23.4 Å². The quantitative estimate of drug-likeness (QED) is 0.725. The first-order valence-electron chi connectivity index (χ1n) is 5.79. The average Bonchev–Trinajstić information content (AvgIpc) is 3.05. The fourth-order valence-electron chi connectivity index (χ4n) is 1.86. The van der Waals surface area contributed by atoms with E-state index in [0.29, 0.717) is 18.1 Å². The molecule has 1 unspecified atom stereocenters. The molecule has 5 nitrogen and oxygen atoms in total. The highest BCUT2D eigenvalue weighted by atomic mass is 16.5. The van der Waals surface area contributed by atoms with Gasteiger partial charge >= 0.3 is 0 Å². The SMILES string of the molecule is C#CCC(N)c1nc(-c2coc3ccccc23)no1. The number of furan rings is 1. The lowest BCUT2D eigenvalue weighted by Crippen LogP contribution is -2.09. The van der Waals surface area contributed by atoms with Crippen LogP contribution in [0.2, 0.25) is 0 Å². The Morgan fingerprint density at radius 2 is 2.21 bits per heavy atom. The van der Waals surface area contributed by atoms with Crippen molar-refractivity contribution in [3.05, 3.63) is 36.4 Å². The third kappa shape index (κ3) is 1.98. The van der Waals surface area contributed by atoms with Crippen molar-refractivity contribution in [2.75, 3.05) is 0 Å². The molecule has 0 spiro atoms. The van der Waals surface area contributed by atoms with Gasteiger partial charge in [0, 0.05) is 11.8 Å². The molecule has 94 valence electrons. The van der Waals surface area contributed by atoms with E-state index >= 15 is 0 Å². The van der Waals surface area contributed by atoms with Crippen molar-refractivity contribution in [3.63, 3.8) is 0 Å². The van der Waals surface area contributed by atoms with Gasteiger partial charge in [-0.05, 0) is 6.07 Å². The number of fused-ring (bicyclic) bond motifs is 1. The third-order valence-electron chi connectivity index (χ3n) is 2.82. The minimum absolute atomic E-state index is 0.332. The van der Waals surface area contributed by atoms with Gasteiger partial charge in [-0.2, -0.15) is 4.98 Å². The van der Waals surface area contributed by atoms with Gasteiger partial charge in [0.25, 0.3) is 0 Å². The minimum Gasteiger partial charge on any atom is -0.464 e. The van der Waals surface area contributed by atoms with Gasteiger partial charge in [0.05, 0.1) is 11.6 Å². The molecule has 1 atom stereocenters. The van der Waals surface area contributed by atoms with E-state index in [4.69, 9.17) is 21.1 Å². The second-order valence-electron chi connectivity index (χ2n) is 4.12. The van der Waals surface area contributed by atoms with Crippen LogP contribution < -0.4 is 5.73 Å². The van der Waals surface area contributed by atoms with Gasteiger partial charge in [-0.3, -0.25) is 0 Å². The van der Waals surface area contributed by atoms with E-state index in [-0.39, 0.29) is 0 Å². The van der Waals surface area contributed by atoms with Crippen LogP contribution in [0.4, 0.5) is 0 Å². The Labute approximate surface area is 109 Å². The zero-order chi connectivity index (χ0) is 13.2. The summed E-state index contributed by atoms with van der Waals surface area (Å²) in [6.07, 6.45) is 7.17. The van der Waals surface area contributed by atoms with Crippen LogP contribution in [0.3, 0.4) is 0 Å². The van der Waals surface area contributed by atoms with Crippen LogP contribution >= 0.6 is 0 Å². The Kier molecular flexibility index (Phi) is 2.78. The van der Waals surface area contributed by atoms with Crippen LogP contribution in [0.1, 0.15) is 18.4 Å². The van der Waals surface area contributed by atoms with Crippen molar-refractivity contribution < 1.29 is 8.94 Å². The molecule has 1 aromatic carbocycles. The summed E-state index contributed by atoms with van der Waals surface area (Å²) in [5, 5.41) is 4.85. The first-order chi connectivity index (χ1) is 9.29. The molecule has 2 N–H and O–H groups in total. The Balaban J connectivity index is 2.01. The van der Waals surface area contributed by atoms with Crippen LogP contribution in [0.25, 0.3) is 22.4 Å². The second-order valence-corrected chi connectivity index (χ2v) is 4.12. The van der Waals surface area contributed by atoms with Crippen molar-refractivity contribution in [2.45, 2.75) is 12.5 Å². The van der Waals surface area contributed by atoms with Crippen molar-refractivity contribution in [1.82, 2.24) is 10.1 Å².